The number of rotatable bonds is 8. The minimum Gasteiger partial charge on any atom is -0.465 e. The van der Waals surface area contributed by atoms with Crippen molar-refractivity contribution >= 4 is 5.97 Å². The van der Waals surface area contributed by atoms with Crippen molar-refractivity contribution in [3.05, 3.63) is 0 Å². The molecule has 0 amide bonds. The van der Waals surface area contributed by atoms with E-state index in [-0.39, 0.29) is 12.0 Å². The molecular weight excluding hydrogens is 264 g/mol. The SMILES string of the molecule is CCOC(=O)C(C)(CCN1C(C)CCC1CC)NC(C)C. The average molecular weight is 298 g/mol. The summed E-state index contributed by atoms with van der Waals surface area (Å²) in [5.41, 5.74) is -0.592. The lowest BCUT2D eigenvalue weighted by Crippen LogP contribution is -2.55. The Labute approximate surface area is 130 Å². The molecule has 1 heterocycles. The van der Waals surface area contributed by atoms with E-state index in [4.69, 9.17) is 4.74 Å². The Morgan fingerprint density at radius 1 is 1.38 bits per heavy atom. The molecule has 0 aromatic heterocycles. The second-order valence-electron chi connectivity index (χ2n) is 6.83. The molecule has 1 rings (SSSR count). The summed E-state index contributed by atoms with van der Waals surface area (Å²) in [5, 5.41) is 3.41. The predicted octanol–water partition coefficient (Wildman–Crippen LogP) is 2.96. The maximum absolute atomic E-state index is 12.3. The van der Waals surface area contributed by atoms with E-state index in [0.717, 1.165) is 13.0 Å². The number of nitrogens with zero attached hydrogens (tertiary/aromatic N) is 1. The van der Waals surface area contributed by atoms with E-state index >= 15 is 0 Å². The average Bonchev–Trinajstić information content (AvgIpc) is 2.76. The van der Waals surface area contributed by atoms with E-state index < -0.39 is 5.54 Å². The molecule has 0 aromatic rings. The van der Waals surface area contributed by atoms with Crippen LogP contribution < -0.4 is 5.32 Å². The quantitative estimate of drug-likeness (QED) is 0.700. The smallest absolute Gasteiger partial charge is 0.326 e. The van der Waals surface area contributed by atoms with Crippen LogP contribution in [0.4, 0.5) is 0 Å². The van der Waals surface area contributed by atoms with Crippen LogP contribution >= 0.6 is 0 Å². The van der Waals surface area contributed by atoms with Crippen LogP contribution in [0.2, 0.25) is 0 Å². The van der Waals surface area contributed by atoms with E-state index in [2.05, 4.69) is 37.9 Å². The molecule has 4 nitrogen and oxygen atoms in total. The number of esters is 1. The molecular formula is C17H34N2O2. The van der Waals surface area contributed by atoms with Gasteiger partial charge in [0.1, 0.15) is 5.54 Å². The summed E-state index contributed by atoms with van der Waals surface area (Å²) in [6.45, 7) is 13.9. The van der Waals surface area contributed by atoms with Crippen LogP contribution in [0.5, 0.6) is 0 Å². The van der Waals surface area contributed by atoms with Crippen molar-refractivity contribution in [3.8, 4) is 0 Å². The lowest BCUT2D eigenvalue weighted by atomic mass is 9.96. The highest BCUT2D eigenvalue weighted by Gasteiger charge is 2.37. The molecule has 0 spiro atoms. The third-order valence-corrected chi connectivity index (χ3v) is 4.63. The fourth-order valence-electron chi connectivity index (χ4n) is 3.48. The van der Waals surface area contributed by atoms with Crippen LogP contribution in [0.25, 0.3) is 0 Å². The van der Waals surface area contributed by atoms with Crippen molar-refractivity contribution in [2.75, 3.05) is 13.2 Å². The number of ether oxygens (including phenoxy) is 1. The molecule has 0 aliphatic carbocycles. The Kier molecular flexibility index (Phi) is 7.14. The van der Waals surface area contributed by atoms with Gasteiger partial charge in [-0.15, -0.1) is 0 Å². The molecule has 1 saturated heterocycles. The highest BCUT2D eigenvalue weighted by molar-refractivity contribution is 5.80. The van der Waals surface area contributed by atoms with Gasteiger partial charge in [0.25, 0.3) is 0 Å². The molecule has 3 unspecified atom stereocenters. The zero-order valence-corrected chi connectivity index (χ0v) is 14.7. The van der Waals surface area contributed by atoms with E-state index in [9.17, 15) is 4.79 Å². The number of likely N-dealkylation sites (tertiary alicyclic amines) is 1. The van der Waals surface area contributed by atoms with Crippen LogP contribution in [0, 0.1) is 0 Å². The number of carbonyl (C=O) groups is 1. The summed E-state index contributed by atoms with van der Waals surface area (Å²) >= 11 is 0. The Morgan fingerprint density at radius 3 is 2.57 bits per heavy atom. The van der Waals surface area contributed by atoms with Gasteiger partial charge >= 0.3 is 5.97 Å². The van der Waals surface area contributed by atoms with Gasteiger partial charge in [0, 0.05) is 24.7 Å². The van der Waals surface area contributed by atoms with E-state index in [1.54, 1.807) is 0 Å². The van der Waals surface area contributed by atoms with Crippen LogP contribution in [-0.2, 0) is 9.53 Å². The van der Waals surface area contributed by atoms with Crippen molar-refractivity contribution in [2.45, 2.75) is 90.9 Å². The summed E-state index contributed by atoms with van der Waals surface area (Å²) < 4.78 is 5.28. The molecule has 0 aromatic carbocycles. The van der Waals surface area contributed by atoms with E-state index in [1.807, 2.05) is 13.8 Å². The van der Waals surface area contributed by atoms with Crippen LogP contribution in [0.3, 0.4) is 0 Å². The van der Waals surface area contributed by atoms with Gasteiger partial charge in [-0.2, -0.15) is 0 Å². The first-order chi connectivity index (χ1) is 9.84. The highest BCUT2D eigenvalue weighted by atomic mass is 16.5. The molecule has 1 aliphatic rings. The first-order valence-corrected chi connectivity index (χ1v) is 8.54. The summed E-state index contributed by atoms with van der Waals surface area (Å²) in [6.07, 6.45) is 4.54. The van der Waals surface area contributed by atoms with Gasteiger partial charge in [-0.25, -0.2) is 0 Å². The minimum atomic E-state index is -0.592. The molecule has 21 heavy (non-hydrogen) atoms. The Hall–Kier alpha value is -0.610. The molecule has 124 valence electrons. The number of hydrogen-bond acceptors (Lipinski definition) is 4. The van der Waals surface area contributed by atoms with Gasteiger partial charge in [-0.05, 0) is 60.3 Å². The zero-order chi connectivity index (χ0) is 16.0. The van der Waals surface area contributed by atoms with Crippen LogP contribution in [0.1, 0.15) is 67.2 Å². The van der Waals surface area contributed by atoms with Crippen LogP contribution in [0.15, 0.2) is 0 Å². The lowest BCUT2D eigenvalue weighted by molar-refractivity contribution is -0.151. The van der Waals surface area contributed by atoms with Crippen molar-refractivity contribution in [1.29, 1.82) is 0 Å². The summed E-state index contributed by atoms with van der Waals surface area (Å²) in [7, 11) is 0. The Bertz CT molecular complexity index is 333. The second-order valence-corrected chi connectivity index (χ2v) is 6.83. The first-order valence-electron chi connectivity index (χ1n) is 8.54. The molecule has 3 atom stereocenters. The Balaban J connectivity index is 2.70. The molecule has 0 bridgehead atoms. The van der Waals surface area contributed by atoms with E-state index in [1.165, 1.54) is 19.3 Å². The minimum absolute atomic E-state index is 0.126. The van der Waals surface area contributed by atoms with Crippen molar-refractivity contribution in [1.82, 2.24) is 10.2 Å². The highest BCUT2D eigenvalue weighted by Crippen LogP contribution is 2.27. The van der Waals surface area contributed by atoms with Gasteiger partial charge in [-0.1, -0.05) is 6.92 Å². The molecule has 1 N–H and O–H groups in total. The number of nitrogens with one attached hydrogen (secondary N) is 1. The third-order valence-electron chi connectivity index (χ3n) is 4.63. The molecule has 0 radical (unpaired) electrons. The maximum atomic E-state index is 12.3. The maximum Gasteiger partial charge on any atom is 0.326 e. The van der Waals surface area contributed by atoms with Gasteiger partial charge in [0.15, 0.2) is 0 Å². The number of hydrogen-bond donors (Lipinski definition) is 1. The first kappa shape index (κ1) is 18.4. The largest absolute Gasteiger partial charge is 0.465 e. The van der Waals surface area contributed by atoms with Gasteiger partial charge in [0.05, 0.1) is 6.61 Å². The van der Waals surface area contributed by atoms with Gasteiger partial charge < -0.3 is 4.74 Å². The molecule has 1 fully saturated rings. The summed E-state index contributed by atoms with van der Waals surface area (Å²) in [4.78, 5) is 14.9. The van der Waals surface area contributed by atoms with Gasteiger partial charge in [-0.3, -0.25) is 15.0 Å². The standard InChI is InChI=1S/C17H34N2O2/c1-7-15-10-9-14(5)19(15)12-11-17(6,18-13(3)4)16(20)21-8-2/h13-15,18H,7-12H2,1-6H3. The Morgan fingerprint density at radius 2 is 2.05 bits per heavy atom. The summed E-state index contributed by atoms with van der Waals surface area (Å²) in [6, 6.07) is 1.56. The monoisotopic (exact) mass is 298 g/mol. The lowest BCUT2D eigenvalue weighted by Gasteiger charge is -2.35. The van der Waals surface area contributed by atoms with Crippen LogP contribution in [-0.4, -0.2) is 47.7 Å². The van der Waals surface area contributed by atoms with Gasteiger partial charge in [0.2, 0.25) is 0 Å². The molecule has 1 aliphatic heterocycles. The summed E-state index contributed by atoms with van der Waals surface area (Å²) in [5.74, 6) is -0.126. The topological polar surface area (TPSA) is 41.6 Å². The molecule has 4 heteroatoms. The number of carbonyl (C=O) groups excluding carboxylic acids is 1. The third kappa shape index (κ3) is 4.96. The van der Waals surface area contributed by atoms with Crippen molar-refractivity contribution in [2.24, 2.45) is 0 Å². The van der Waals surface area contributed by atoms with Crippen molar-refractivity contribution in [3.63, 3.8) is 0 Å². The van der Waals surface area contributed by atoms with E-state index in [0.29, 0.717) is 18.7 Å². The van der Waals surface area contributed by atoms with Crippen molar-refractivity contribution < 1.29 is 9.53 Å². The second kappa shape index (κ2) is 8.14. The zero-order valence-electron chi connectivity index (χ0n) is 14.7. The predicted molar refractivity (Wildman–Crippen MR) is 87.4 cm³/mol. The normalized spacial score (nSPS) is 26.0. The fourth-order valence-corrected chi connectivity index (χ4v) is 3.48. The molecule has 0 saturated carbocycles. The fraction of sp³-hybridized carbons (Fsp3) is 0.941.